The lowest BCUT2D eigenvalue weighted by molar-refractivity contribution is -0.140. The second kappa shape index (κ2) is 22.4. The molecule has 0 aromatic heterocycles. The Morgan fingerprint density at radius 2 is 1.31 bits per heavy atom. The van der Waals surface area contributed by atoms with Crippen LogP contribution in [0.2, 0.25) is 0 Å². The molecule has 0 saturated carbocycles. The third-order valence-electron chi connectivity index (χ3n) is 13.9. The van der Waals surface area contributed by atoms with Gasteiger partial charge in [-0.05, 0) is 96.8 Å². The maximum Gasteiger partial charge on any atom is 0.305 e. The zero-order valence-corrected chi connectivity index (χ0v) is 42.8. The number of methoxy groups -OCH3 is 3. The van der Waals surface area contributed by atoms with E-state index in [9.17, 15) is 28.8 Å². The molecule has 4 aliphatic heterocycles. The van der Waals surface area contributed by atoms with Crippen LogP contribution in [0.4, 0.5) is 28.4 Å². The van der Waals surface area contributed by atoms with E-state index in [2.05, 4.69) is 26.0 Å². The molecule has 9 rings (SSSR count). The number of anilines is 4. The number of hydrogen-bond donors (Lipinski definition) is 4. The zero-order valence-electron chi connectivity index (χ0n) is 42.8. The Morgan fingerprint density at radius 1 is 0.693 bits per heavy atom. The molecule has 0 spiro atoms. The Morgan fingerprint density at radius 3 is 1.97 bits per heavy atom. The summed E-state index contributed by atoms with van der Waals surface area (Å²) in [4.78, 5) is 88.4. The van der Waals surface area contributed by atoms with Gasteiger partial charge in [-0.3, -0.25) is 38.7 Å². The molecule has 5 aromatic rings. The van der Waals surface area contributed by atoms with Crippen molar-refractivity contribution in [1.29, 1.82) is 0 Å². The van der Waals surface area contributed by atoms with Gasteiger partial charge in [0, 0.05) is 61.2 Å². The predicted octanol–water partition coefficient (Wildman–Crippen LogP) is 7.46. The second-order valence-corrected chi connectivity index (χ2v) is 19.4. The molecule has 4 heterocycles. The molecule has 0 saturated heterocycles. The number of aliphatic imine (C=N–C) groups is 1. The smallest absolute Gasteiger partial charge is 0.305 e. The summed E-state index contributed by atoms with van der Waals surface area (Å²) in [7, 11) is 4.31. The molecule has 18 heteroatoms. The largest absolute Gasteiger partial charge is 0.493 e. The Hall–Kier alpha value is -8.41. The van der Waals surface area contributed by atoms with Crippen LogP contribution in [0, 0.1) is 5.92 Å². The molecule has 4 atom stereocenters. The minimum Gasteiger partial charge on any atom is -0.493 e. The summed E-state index contributed by atoms with van der Waals surface area (Å²) >= 11 is 0. The van der Waals surface area contributed by atoms with Gasteiger partial charge in [0.1, 0.15) is 25.3 Å². The van der Waals surface area contributed by atoms with E-state index in [4.69, 9.17) is 23.9 Å². The number of nitrogens with zero attached hydrogens (tertiary/aromatic N) is 3. The zero-order chi connectivity index (χ0) is 52.9. The topological polar surface area (TPSA) is 216 Å². The number of nitrogens with one attached hydrogen (secondary N) is 4. The maximum absolute atomic E-state index is 14.1. The molecule has 18 nitrogen and oxygen atoms in total. The molecule has 4 aliphatic rings. The number of amides is 5. The average molecular weight is 1020 g/mol. The van der Waals surface area contributed by atoms with Gasteiger partial charge >= 0.3 is 5.97 Å². The number of carbonyl (C=O) groups excluding carboxylic acids is 6. The van der Waals surface area contributed by atoms with Gasteiger partial charge in [0.25, 0.3) is 11.8 Å². The van der Waals surface area contributed by atoms with Gasteiger partial charge in [-0.15, -0.1) is 0 Å². The minimum atomic E-state index is -1.03. The highest BCUT2D eigenvalue weighted by Crippen LogP contribution is 2.43. The number of para-hydroxylation sites is 2. The highest BCUT2D eigenvalue weighted by molar-refractivity contribution is 6.15. The Labute approximate surface area is 435 Å². The van der Waals surface area contributed by atoms with E-state index in [0.717, 1.165) is 28.9 Å². The van der Waals surface area contributed by atoms with Gasteiger partial charge in [-0.25, -0.2) is 0 Å². The van der Waals surface area contributed by atoms with Crippen LogP contribution in [0.1, 0.15) is 89.4 Å². The van der Waals surface area contributed by atoms with Crippen molar-refractivity contribution in [3.05, 3.63) is 124 Å². The van der Waals surface area contributed by atoms with Crippen LogP contribution in [0.3, 0.4) is 0 Å². The van der Waals surface area contributed by atoms with Crippen molar-refractivity contribution < 1.29 is 52.5 Å². The van der Waals surface area contributed by atoms with Crippen LogP contribution in [-0.2, 0) is 50.0 Å². The number of fused-ring (bicyclic) bond motifs is 8. The van der Waals surface area contributed by atoms with Crippen molar-refractivity contribution in [1.82, 2.24) is 10.6 Å². The van der Waals surface area contributed by atoms with Gasteiger partial charge in [0.2, 0.25) is 17.7 Å². The van der Waals surface area contributed by atoms with E-state index < -0.39 is 23.9 Å². The van der Waals surface area contributed by atoms with Crippen LogP contribution in [0.5, 0.6) is 23.0 Å². The number of benzene rings is 5. The first-order valence-electron chi connectivity index (χ1n) is 25.1. The predicted molar refractivity (Wildman–Crippen MR) is 283 cm³/mol. The lowest BCUT2D eigenvalue weighted by atomic mass is 10.0. The first-order valence-corrected chi connectivity index (χ1v) is 25.1. The minimum absolute atomic E-state index is 0.00748. The van der Waals surface area contributed by atoms with E-state index in [1.807, 2.05) is 59.5 Å². The van der Waals surface area contributed by atoms with Gasteiger partial charge in [0.15, 0.2) is 23.0 Å². The monoisotopic (exact) mass is 1020 g/mol. The summed E-state index contributed by atoms with van der Waals surface area (Å²) in [5, 5.41) is 11.9. The molecule has 75 heavy (non-hydrogen) atoms. The van der Waals surface area contributed by atoms with Gasteiger partial charge < -0.3 is 49.9 Å². The number of esters is 1. The van der Waals surface area contributed by atoms with Crippen molar-refractivity contribution in [2.45, 2.75) is 96.7 Å². The lowest BCUT2D eigenvalue weighted by Crippen LogP contribution is -2.53. The van der Waals surface area contributed by atoms with Crippen molar-refractivity contribution in [3.8, 4) is 23.0 Å². The summed E-state index contributed by atoms with van der Waals surface area (Å²) in [6, 6.07) is 25.6. The fraction of sp³-hybridized carbons (Fsp3) is 0.351. The van der Waals surface area contributed by atoms with Crippen molar-refractivity contribution in [2.24, 2.45) is 10.9 Å². The van der Waals surface area contributed by atoms with Crippen LogP contribution < -0.4 is 50.0 Å². The molecule has 0 fully saturated rings. The van der Waals surface area contributed by atoms with E-state index in [1.54, 1.807) is 68.3 Å². The number of rotatable bonds is 19. The van der Waals surface area contributed by atoms with Gasteiger partial charge in [0.05, 0.1) is 55.9 Å². The summed E-state index contributed by atoms with van der Waals surface area (Å²) in [5.74, 6) is -1.04. The highest BCUT2D eigenvalue weighted by atomic mass is 16.5. The highest BCUT2D eigenvalue weighted by Gasteiger charge is 2.39. The number of carbonyl (C=O) groups is 6. The third-order valence-corrected chi connectivity index (χ3v) is 13.9. The van der Waals surface area contributed by atoms with Crippen molar-refractivity contribution in [2.75, 3.05) is 48.3 Å². The summed E-state index contributed by atoms with van der Waals surface area (Å²) in [5.41, 5.74) is 7.40. The molecule has 0 aliphatic carbocycles. The molecule has 0 unspecified atom stereocenters. The van der Waals surface area contributed by atoms with Gasteiger partial charge in [-0.2, -0.15) is 0 Å². The molecule has 0 bridgehead atoms. The Balaban J connectivity index is 0.942. The maximum atomic E-state index is 14.1. The number of ether oxygens (including phenoxy) is 5. The van der Waals surface area contributed by atoms with Crippen LogP contribution in [0.25, 0.3) is 0 Å². The fourth-order valence-electron chi connectivity index (χ4n) is 9.98. The summed E-state index contributed by atoms with van der Waals surface area (Å²) < 4.78 is 29.1. The second-order valence-electron chi connectivity index (χ2n) is 19.4. The molecular formula is C57H61N7O11. The Kier molecular flexibility index (Phi) is 15.4. The van der Waals surface area contributed by atoms with E-state index in [-0.39, 0.29) is 67.7 Å². The molecule has 4 N–H and O–H groups in total. The van der Waals surface area contributed by atoms with E-state index >= 15 is 0 Å². The molecule has 5 amide bonds. The normalized spacial score (nSPS) is 16.6. The SMILES string of the molecule is COC(=O)CCCCC(=O)N[C@H](C(=O)N[C@@H](C)C(=O)Nc1cc(COc2cc3c(cc2OC)C(=O)N2c4ccccc4C[C@H]2C=N3)cc(COc2cc3c(cc2OC)C(=O)N2c4ccccc4C[C@H]2CN3)c1)C(C)C. The fourth-order valence-corrected chi connectivity index (χ4v) is 9.98. The molecular weight excluding hydrogens is 959 g/mol. The molecule has 390 valence electrons. The van der Waals surface area contributed by atoms with E-state index in [1.165, 1.54) is 21.3 Å². The standard InChI is InChI=1S/C57H61N7O11/c1-32(2)53(62-51(65)17-11-12-18-52(66)73-6)55(68)60-33(3)54(67)61-38-20-34(30-74-49-26-43-41(24-47(49)71-4)56(69)63-39(28-58-43)22-36-13-7-9-15-45(36)63)19-35(21-38)31-75-50-27-44-42(25-48(50)72-5)57(70)64-40(29-59-44)23-37-14-8-10-16-46(37)64/h7-10,13-16,19-21,24-28,32-33,39-40,53,59H,11-12,17-18,22-23,29-31H2,1-6H3,(H,60,68)(H,61,67)(H,62,65)/t33-,39-,40-,53-/m0/s1. The quantitative estimate of drug-likeness (QED) is 0.0469. The molecule has 0 radical (unpaired) electrons. The lowest BCUT2D eigenvalue weighted by Gasteiger charge is -2.24. The average Bonchev–Trinajstić information content (AvgIpc) is 3.90. The van der Waals surface area contributed by atoms with Crippen LogP contribution in [0.15, 0.2) is 96.0 Å². The Bertz CT molecular complexity index is 3080. The summed E-state index contributed by atoms with van der Waals surface area (Å²) in [6.45, 7) is 5.62. The summed E-state index contributed by atoms with van der Waals surface area (Å²) in [6.07, 6.45) is 4.36. The molecule has 5 aromatic carbocycles. The third kappa shape index (κ3) is 11.1. The first kappa shape index (κ1) is 51.5. The van der Waals surface area contributed by atoms with Crippen LogP contribution in [-0.4, -0.2) is 93.8 Å². The first-order chi connectivity index (χ1) is 36.2. The van der Waals surface area contributed by atoms with Gasteiger partial charge in [-0.1, -0.05) is 50.2 Å². The van der Waals surface area contributed by atoms with Crippen molar-refractivity contribution >= 4 is 70.2 Å². The van der Waals surface area contributed by atoms with Crippen LogP contribution >= 0.6 is 0 Å². The number of unbranched alkanes of at least 4 members (excludes halogenated alkanes) is 1. The van der Waals surface area contributed by atoms with Crippen molar-refractivity contribution in [3.63, 3.8) is 0 Å². The van der Waals surface area contributed by atoms with E-state index in [0.29, 0.717) is 88.1 Å². The number of hydrogen-bond acceptors (Lipinski definition) is 13.